The lowest BCUT2D eigenvalue weighted by Crippen LogP contribution is -2.39. The molecule has 9 heteroatoms. The Bertz CT molecular complexity index is 1040. The molecule has 3 heterocycles. The second kappa shape index (κ2) is 9.54. The van der Waals surface area contributed by atoms with Gasteiger partial charge in [0.05, 0.1) is 4.90 Å². The molecule has 172 valence electrons. The lowest BCUT2D eigenvalue weighted by Gasteiger charge is -2.31. The van der Waals surface area contributed by atoms with Crippen molar-refractivity contribution >= 4 is 27.6 Å². The molecule has 2 aliphatic rings. The zero-order chi connectivity index (χ0) is 22.7. The van der Waals surface area contributed by atoms with Crippen molar-refractivity contribution in [1.29, 1.82) is 0 Å². The van der Waals surface area contributed by atoms with Gasteiger partial charge in [-0.05, 0) is 69.9 Å². The quantitative estimate of drug-likeness (QED) is 0.741. The second-order valence-corrected chi connectivity index (χ2v) is 10.6. The van der Waals surface area contributed by atoms with Gasteiger partial charge in [-0.1, -0.05) is 6.42 Å². The van der Waals surface area contributed by atoms with Crippen LogP contribution in [0.1, 0.15) is 43.5 Å². The fourth-order valence-corrected chi connectivity index (χ4v) is 5.92. The first-order valence-corrected chi connectivity index (χ1v) is 12.8. The highest BCUT2D eigenvalue weighted by molar-refractivity contribution is 7.89. The van der Waals surface area contributed by atoms with E-state index in [0.29, 0.717) is 18.8 Å². The molecule has 0 aliphatic carbocycles. The smallest absolute Gasteiger partial charge is 0.243 e. The van der Waals surface area contributed by atoms with Crippen LogP contribution in [-0.4, -0.2) is 54.8 Å². The van der Waals surface area contributed by atoms with E-state index >= 15 is 0 Å². The minimum atomic E-state index is -3.46. The number of sulfonamides is 1. The summed E-state index contributed by atoms with van der Waals surface area (Å²) in [6.07, 6.45) is 4.34. The highest BCUT2D eigenvalue weighted by atomic mass is 32.2. The molecule has 4 rings (SSSR count). The van der Waals surface area contributed by atoms with E-state index in [1.54, 1.807) is 28.6 Å². The van der Waals surface area contributed by atoms with Crippen LogP contribution in [0.5, 0.6) is 0 Å². The van der Waals surface area contributed by atoms with Gasteiger partial charge in [-0.3, -0.25) is 4.79 Å². The van der Waals surface area contributed by atoms with Gasteiger partial charge in [0.1, 0.15) is 0 Å². The maximum absolute atomic E-state index is 12.8. The average molecular weight is 458 g/mol. The molecule has 0 unspecified atom stereocenters. The molecule has 0 radical (unpaired) electrons. The van der Waals surface area contributed by atoms with E-state index in [2.05, 4.69) is 20.2 Å². The first kappa shape index (κ1) is 22.7. The van der Waals surface area contributed by atoms with E-state index in [9.17, 15) is 13.2 Å². The highest BCUT2D eigenvalue weighted by Crippen LogP contribution is 2.25. The summed E-state index contributed by atoms with van der Waals surface area (Å²) in [7, 11) is -3.46. The number of nitrogens with one attached hydrogen (secondary N) is 1. The van der Waals surface area contributed by atoms with E-state index in [4.69, 9.17) is 0 Å². The average Bonchev–Trinajstić information content (AvgIpc) is 2.79. The van der Waals surface area contributed by atoms with Gasteiger partial charge >= 0.3 is 0 Å². The van der Waals surface area contributed by atoms with Gasteiger partial charge in [0.15, 0.2) is 0 Å². The Morgan fingerprint density at radius 1 is 0.938 bits per heavy atom. The molecule has 2 aliphatic heterocycles. The van der Waals surface area contributed by atoms with Crippen LogP contribution in [0.15, 0.2) is 35.2 Å². The summed E-state index contributed by atoms with van der Waals surface area (Å²) in [5.74, 6) is 0.610. The third-order valence-corrected chi connectivity index (χ3v) is 8.11. The Balaban J connectivity index is 1.33. The minimum Gasteiger partial charge on any atom is -0.341 e. The number of carbonyl (C=O) groups is 1. The molecule has 32 heavy (non-hydrogen) atoms. The van der Waals surface area contributed by atoms with Gasteiger partial charge in [0, 0.05) is 49.2 Å². The molecular weight excluding hydrogens is 426 g/mol. The van der Waals surface area contributed by atoms with Crippen LogP contribution < -0.4 is 10.2 Å². The molecule has 0 atom stereocenters. The number of hydrogen-bond acceptors (Lipinski definition) is 6. The zero-order valence-corrected chi connectivity index (χ0v) is 19.6. The summed E-state index contributed by atoms with van der Waals surface area (Å²) in [5, 5.41) is 2.95. The number of anilines is 2. The third kappa shape index (κ3) is 5.10. The topological polar surface area (TPSA) is 95.5 Å². The molecule has 1 N–H and O–H groups in total. The summed E-state index contributed by atoms with van der Waals surface area (Å²) in [5.41, 5.74) is 2.50. The van der Waals surface area contributed by atoms with Crippen LogP contribution in [-0.2, 0) is 14.8 Å². The van der Waals surface area contributed by atoms with Crippen LogP contribution in [0.2, 0.25) is 0 Å². The van der Waals surface area contributed by atoms with Crippen LogP contribution in [0.25, 0.3) is 0 Å². The van der Waals surface area contributed by atoms with E-state index in [-0.39, 0.29) is 16.7 Å². The molecule has 1 aromatic carbocycles. The number of aromatic nitrogens is 2. The zero-order valence-electron chi connectivity index (χ0n) is 18.7. The summed E-state index contributed by atoms with van der Waals surface area (Å²) >= 11 is 0. The third-order valence-electron chi connectivity index (χ3n) is 6.19. The number of amides is 1. The molecule has 2 fully saturated rings. The first-order valence-electron chi connectivity index (χ1n) is 11.3. The van der Waals surface area contributed by atoms with Crippen molar-refractivity contribution in [3.8, 4) is 0 Å². The summed E-state index contributed by atoms with van der Waals surface area (Å²) in [6, 6.07) is 8.46. The predicted octanol–water partition coefficient (Wildman–Crippen LogP) is 3.12. The Labute approximate surface area is 190 Å². The van der Waals surface area contributed by atoms with Crippen molar-refractivity contribution in [1.82, 2.24) is 14.3 Å². The number of nitrogens with zero attached hydrogens (tertiary/aromatic N) is 4. The van der Waals surface area contributed by atoms with Gasteiger partial charge in [0.2, 0.25) is 21.9 Å². The minimum absolute atomic E-state index is 0.0300. The number of carbonyl (C=O) groups excluding carboxylic acids is 1. The second-order valence-electron chi connectivity index (χ2n) is 8.69. The Kier molecular flexibility index (Phi) is 6.76. The van der Waals surface area contributed by atoms with Crippen LogP contribution in [0, 0.1) is 19.8 Å². The van der Waals surface area contributed by atoms with Crippen LogP contribution >= 0.6 is 0 Å². The van der Waals surface area contributed by atoms with Crippen LogP contribution in [0.4, 0.5) is 11.6 Å². The van der Waals surface area contributed by atoms with Gasteiger partial charge in [-0.2, -0.15) is 4.31 Å². The summed E-state index contributed by atoms with van der Waals surface area (Å²) in [6.45, 7) is 6.53. The van der Waals surface area contributed by atoms with Crippen molar-refractivity contribution < 1.29 is 13.2 Å². The number of hydrogen-bond donors (Lipinski definition) is 1. The van der Waals surface area contributed by atoms with Crippen molar-refractivity contribution in [2.75, 3.05) is 36.4 Å². The number of piperidine rings is 2. The Morgan fingerprint density at radius 2 is 1.53 bits per heavy atom. The van der Waals surface area contributed by atoms with Crippen LogP contribution in [0.3, 0.4) is 0 Å². The van der Waals surface area contributed by atoms with Gasteiger partial charge < -0.3 is 10.2 Å². The fourth-order valence-electron chi connectivity index (χ4n) is 4.40. The molecule has 8 nitrogen and oxygen atoms in total. The molecule has 1 amide bonds. The molecule has 1 aromatic heterocycles. The highest BCUT2D eigenvalue weighted by Gasteiger charge is 2.28. The standard InChI is InChI=1S/C23H31N5O3S/c1-17-16-18(2)25-23(24-17)27-14-10-19(11-15-27)22(29)26-20-6-8-21(9-7-20)32(30,31)28-12-4-3-5-13-28/h6-9,16,19H,3-5,10-15H2,1-2H3,(H,26,29). The van der Waals surface area contributed by atoms with E-state index in [1.165, 1.54) is 0 Å². The SMILES string of the molecule is Cc1cc(C)nc(N2CCC(C(=O)Nc3ccc(S(=O)(=O)N4CCCCC4)cc3)CC2)n1. The van der Waals surface area contributed by atoms with Crippen molar-refractivity contribution in [2.24, 2.45) is 5.92 Å². The maximum atomic E-state index is 12.8. The predicted molar refractivity (Wildman–Crippen MR) is 124 cm³/mol. The largest absolute Gasteiger partial charge is 0.341 e. The number of benzene rings is 1. The maximum Gasteiger partial charge on any atom is 0.243 e. The monoisotopic (exact) mass is 457 g/mol. The van der Waals surface area contributed by atoms with Gasteiger partial charge in [0.25, 0.3) is 0 Å². The normalized spacial score (nSPS) is 18.5. The van der Waals surface area contributed by atoms with E-state index in [0.717, 1.165) is 62.5 Å². The Hall–Kier alpha value is -2.52. The van der Waals surface area contributed by atoms with E-state index in [1.807, 2.05) is 19.9 Å². The fraction of sp³-hybridized carbons (Fsp3) is 0.522. The molecule has 0 bridgehead atoms. The molecule has 2 saturated heterocycles. The first-order chi connectivity index (χ1) is 15.3. The van der Waals surface area contributed by atoms with E-state index < -0.39 is 10.0 Å². The summed E-state index contributed by atoms with van der Waals surface area (Å²) in [4.78, 5) is 24.2. The Morgan fingerprint density at radius 3 is 2.12 bits per heavy atom. The lowest BCUT2D eigenvalue weighted by atomic mass is 9.96. The van der Waals surface area contributed by atoms with Gasteiger partial charge in [-0.25, -0.2) is 18.4 Å². The molecule has 0 saturated carbocycles. The molecule has 2 aromatic rings. The van der Waals surface area contributed by atoms with Crippen molar-refractivity contribution in [2.45, 2.75) is 50.8 Å². The van der Waals surface area contributed by atoms with Crippen molar-refractivity contribution in [3.05, 3.63) is 41.7 Å². The van der Waals surface area contributed by atoms with Crippen molar-refractivity contribution in [3.63, 3.8) is 0 Å². The lowest BCUT2D eigenvalue weighted by molar-refractivity contribution is -0.120. The summed E-state index contributed by atoms with van der Waals surface area (Å²) < 4.78 is 27.1. The number of rotatable bonds is 5. The molecule has 0 spiro atoms. The number of aryl methyl sites for hydroxylation is 2. The van der Waals surface area contributed by atoms with Gasteiger partial charge in [-0.15, -0.1) is 0 Å². The molecular formula is C23H31N5O3S.